The van der Waals surface area contributed by atoms with Gasteiger partial charge in [-0.1, -0.05) is 127 Å². The zero-order valence-corrected chi connectivity index (χ0v) is 20.8. The number of para-hydroxylation sites is 1. The molecule has 9 rings (SSSR count). The largest absolute Gasteiger partial charge is 0.456 e. The number of hydrogen-bond donors (Lipinski definition) is 0. The highest BCUT2D eigenvalue weighted by Gasteiger charge is 2.25. The summed E-state index contributed by atoms with van der Waals surface area (Å²) < 4.78 is 225. The van der Waals surface area contributed by atoms with E-state index < -0.39 is 228 Å². The van der Waals surface area contributed by atoms with Gasteiger partial charge in [-0.05, 0) is 50.8 Å². The Bertz CT molecular complexity index is 3670. The van der Waals surface area contributed by atoms with Gasteiger partial charge < -0.3 is 8.83 Å². The average Bonchev–Trinajstić information content (AvgIpc) is 3.89. The minimum atomic E-state index is -0.964. The molecule has 0 saturated carbocycles. The fourth-order valence-electron chi connectivity index (χ4n) is 5.17. The van der Waals surface area contributed by atoms with E-state index in [1.165, 1.54) is 0 Å². The van der Waals surface area contributed by atoms with Crippen LogP contribution in [-0.2, 0) is 0 Å². The molecule has 42 heavy (non-hydrogen) atoms. The summed E-state index contributed by atoms with van der Waals surface area (Å²) in [6.45, 7) is 0. The fraction of sp³-hybridized carbons (Fsp3) is 0. The summed E-state index contributed by atoms with van der Waals surface area (Å²) in [5.41, 5.74) is -5.20. The monoisotopic (exact) mass is 560 g/mol. The lowest BCUT2D eigenvalue weighted by Crippen LogP contribution is -1.91. The first-order valence-corrected chi connectivity index (χ1v) is 12.3. The van der Waals surface area contributed by atoms with Gasteiger partial charge in [0.1, 0.15) is 22.5 Å². The Morgan fingerprint density at radius 1 is 0.333 bits per heavy atom. The van der Waals surface area contributed by atoms with Crippen LogP contribution >= 0.6 is 0 Å². The molecule has 0 saturated heterocycles. The highest BCUT2D eigenvalue weighted by Crippen LogP contribution is 2.50. The van der Waals surface area contributed by atoms with Crippen molar-refractivity contribution < 1.29 is 41.7 Å². The zero-order chi connectivity index (χ0) is 48.5. The third-order valence-electron chi connectivity index (χ3n) is 6.82. The Morgan fingerprint density at radius 2 is 0.810 bits per heavy atom. The molecule has 196 valence electrons. The number of furan rings is 2. The second-order valence-electron chi connectivity index (χ2n) is 9.02. The van der Waals surface area contributed by atoms with Gasteiger partial charge in [0.05, 0.1) is 32.9 Å². The van der Waals surface area contributed by atoms with Gasteiger partial charge in [0, 0.05) is 32.8 Å². The normalized spacial score (nSPS) is 19.8. The topological polar surface area (TPSA) is 26.3 Å². The second kappa shape index (κ2) is 8.95. The Balaban J connectivity index is 1.70. The molecule has 0 N–H and O–H groups in total. The van der Waals surface area contributed by atoms with Gasteiger partial charge in [0.2, 0.25) is 0 Å². The average molecular weight is 561 g/mol. The summed E-state index contributed by atoms with van der Waals surface area (Å²) in [5, 5.41) is -4.07. The predicted molar refractivity (Wildman–Crippen MR) is 175 cm³/mol. The fourth-order valence-corrected chi connectivity index (χ4v) is 5.17. The summed E-state index contributed by atoms with van der Waals surface area (Å²) in [6, 6.07) is -21.1. The van der Waals surface area contributed by atoms with Crippen LogP contribution < -0.4 is 0 Å². The van der Waals surface area contributed by atoms with Crippen LogP contribution in [0.5, 0.6) is 0 Å². The molecule has 2 aromatic heterocycles. The van der Waals surface area contributed by atoms with Crippen LogP contribution in [0.25, 0.3) is 88.0 Å². The number of benzene rings is 7. The summed E-state index contributed by atoms with van der Waals surface area (Å²) in [5.74, 6) is -0.791. The van der Waals surface area contributed by atoms with Gasteiger partial charge in [-0.2, -0.15) is 0 Å². The molecule has 0 aliphatic heterocycles. The molecule has 2 nitrogen and oxygen atoms in total. The Hall–Kier alpha value is -5.60. The van der Waals surface area contributed by atoms with Crippen LogP contribution in [-0.4, -0.2) is 0 Å². The standard InChI is InChI=1S/C40H24O2/c1-3-13-25(14-4-1)37-28-18-7-9-20-30(28)38(31-21-10-8-19-29(31)37)39-33-24-35-32(27-17-11-12-22-34(27)41-35)23-36(33)42-40(39)26-15-5-2-6-16-26/h1-24H/i1D,2D,3D,4D,5D,6D,7D,8D,9D,10D,11D,12D,13D,14D,15D,16D,17D,18D,19D,20D,21D,22D,23D,24D. The first-order chi connectivity index (χ1) is 30.8. The minimum Gasteiger partial charge on any atom is -0.456 e. The summed E-state index contributed by atoms with van der Waals surface area (Å²) >= 11 is 0. The quantitative estimate of drug-likeness (QED) is 0.201. The Labute approximate surface area is 275 Å². The number of hydrogen-bond acceptors (Lipinski definition) is 2. The van der Waals surface area contributed by atoms with Crippen LogP contribution in [0.15, 0.2) is 154 Å². The Morgan fingerprint density at radius 3 is 1.45 bits per heavy atom. The minimum absolute atomic E-state index is 0.360. The van der Waals surface area contributed by atoms with Gasteiger partial charge >= 0.3 is 0 Å². The molecule has 0 aliphatic rings. The van der Waals surface area contributed by atoms with Crippen molar-refractivity contribution >= 4 is 54.5 Å². The smallest absolute Gasteiger partial charge is 0.143 e. The summed E-state index contributed by atoms with van der Waals surface area (Å²) in [7, 11) is 0. The molecule has 2 heteroatoms. The van der Waals surface area contributed by atoms with E-state index in [4.69, 9.17) is 33.5 Å². The molecule has 0 atom stereocenters. The van der Waals surface area contributed by atoms with Crippen LogP contribution in [0.2, 0.25) is 0 Å². The van der Waals surface area contributed by atoms with Crippen LogP contribution in [0.3, 0.4) is 0 Å². The van der Waals surface area contributed by atoms with E-state index in [1.807, 2.05) is 0 Å². The van der Waals surface area contributed by atoms with E-state index in [0.29, 0.717) is 0 Å². The van der Waals surface area contributed by atoms with Gasteiger partial charge in [0.25, 0.3) is 0 Å². The lowest BCUT2D eigenvalue weighted by atomic mass is 9.84. The molecule has 9 aromatic rings. The molecule has 0 amide bonds. The highest BCUT2D eigenvalue weighted by molar-refractivity contribution is 6.25. The van der Waals surface area contributed by atoms with E-state index in [0.717, 1.165) is 0 Å². The zero-order valence-electron chi connectivity index (χ0n) is 44.8. The SMILES string of the molecule is [2H]c1c([2H])c([2H])c(-c2oc3c([2H])c4c(oc5c([2H])c([2H])c([2H])c([2H])c54)c([2H])c3c2-c2c3c([2H])c([2H])c([2H])c([2H])c3c(-c3c([2H])c([2H])c([2H])c([2H])c3[2H])c3c([2H])c([2H])c([2H])c([2H])c23)c([2H])c1[2H]. The van der Waals surface area contributed by atoms with Gasteiger partial charge in [0.15, 0.2) is 0 Å². The third kappa shape index (κ3) is 3.33. The van der Waals surface area contributed by atoms with Crippen molar-refractivity contribution in [1.29, 1.82) is 0 Å². The van der Waals surface area contributed by atoms with E-state index >= 15 is 0 Å². The van der Waals surface area contributed by atoms with Crippen molar-refractivity contribution in [2.45, 2.75) is 0 Å². The van der Waals surface area contributed by atoms with Crippen molar-refractivity contribution in [3.63, 3.8) is 0 Å². The van der Waals surface area contributed by atoms with Crippen molar-refractivity contribution in [2.75, 3.05) is 0 Å². The molecule has 0 radical (unpaired) electrons. The lowest BCUT2D eigenvalue weighted by molar-refractivity contribution is 0.632. The highest BCUT2D eigenvalue weighted by atomic mass is 16.3. The van der Waals surface area contributed by atoms with Crippen LogP contribution in [0.4, 0.5) is 0 Å². The van der Waals surface area contributed by atoms with Crippen molar-refractivity contribution in [1.82, 2.24) is 0 Å². The maximum atomic E-state index is 9.70. The van der Waals surface area contributed by atoms with Crippen molar-refractivity contribution in [3.05, 3.63) is 145 Å². The molecule has 0 spiro atoms. The molecule has 0 aliphatic carbocycles. The molecule has 0 unspecified atom stereocenters. The first-order valence-electron chi connectivity index (χ1n) is 24.3. The molecular weight excluding hydrogens is 512 g/mol. The second-order valence-corrected chi connectivity index (χ2v) is 9.02. The molecule has 0 fully saturated rings. The molecule has 0 bridgehead atoms. The van der Waals surface area contributed by atoms with Gasteiger partial charge in [-0.15, -0.1) is 0 Å². The van der Waals surface area contributed by atoms with Gasteiger partial charge in [-0.3, -0.25) is 0 Å². The van der Waals surface area contributed by atoms with Crippen LogP contribution in [0.1, 0.15) is 32.9 Å². The lowest BCUT2D eigenvalue weighted by Gasteiger charge is -2.18. The number of fused-ring (bicyclic) bond motifs is 6. The maximum absolute atomic E-state index is 9.70. The summed E-state index contributed by atoms with van der Waals surface area (Å²) in [4.78, 5) is 0. The molecular formula is C40H24O2. The van der Waals surface area contributed by atoms with Crippen LogP contribution in [0, 0.1) is 0 Å². The van der Waals surface area contributed by atoms with E-state index in [9.17, 15) is 8.22 Å². The summed E-state index contributed by atoms with van der Waals surface area (Å²) in [6.07, 6.45) is 0. The maximum Gasteiger partial charge on any atom is 0.143 e. The predicted octanol–water partition coefficient (Wildman–Crippen LogP) is 11.6. The third-order valence-corrected chi connectivity index (χ3v) is 6.82. The van der Waals surface area contributed by atoms with Crippen molar-refractivity contribution in [3.8, 4) is 33.6 Å². The first kappa shape index (κ1) is 9.75. The van der Waals surface area contributed by atoms with E-state index in [-0.39, 0.29) is 5.39 Å². The van der Waals surface area contributed by atoms with Crippen molar-refractivity contribution in [2.24, 2.45) is 0 Å². The number of rotatable bonds is 3. The molecule has 7 aromatic carbocycles. The Kier molecular flexibility index (Phi) is 2.08. The van der Waals surface area contributed by atoms with E-state index in [1.54, 1.807) is 0 Å². The van der Waals surface area contributed by atoms with E-state index in [2.05, 4.69) is 0 Å². The molecule has 2 heterocycles. The van der Waals surface area contributed by atoms with Gasteiger partial charge in [-0.25, -0.2) is 0 Å².